The summed E-state index contributed by atoms with van der Waals surface area (Å²) in [4.78, 5) is 4.18. The van der Waals surface area contributed by atoms with Crippen LogP contribution in [0.1, 0.15) is 6.92 Å². The van der Waals surface area contributed by atoms with Crippen molar-refractivity contribution >= 4 is 31.4 Å². The number of thiophene rings is 1. The molecule has 0 aliphatic heterocycles. The van der Waals surface area contributed by atoms with Crippen molar-refractivity contribution < 1.29 is 8.42 Å². The minimum atomic E-state index is -3.41. The van der Waals surface area contributed by atoms with E-state index >= 15 is 0 Å². The third kappa shape index (κ3) is 1.88. The molecule has 1 N–H and O–H groups in total. The fourth-order valence-corrected chi connectivity index (χ4v) is 3.39. The summed E-state index contributed by atoms with van der Waals surface area (Å²) < 4.78 is 26.9. The number of nitrogens with one attached hydrogen (secondary N) is 1. The molecule has 0 radical (unpaired) electrons. The molecule has 0 aliphatic rings. The van der Waals surface area contributed by atoms with E-state index in [4.69, 9.17) is 0 Å². The lowest BCUT2D eigenvalue weighted by molar-refractivity contribution is 0.584. The van der Waals surface area contributed by atoms with Crippen molar-refractivity contribution in [3.05, 3.63) is 23.8 Å². The van der Waals surface area contributed by atoms with Crippen LogP contribution in [0.15, 0.2) is 28.7 Å². The molecule has 0 amide bonds. The zero-order chi connectivity index (χ0) is 10.9. The molecule has 0 bridgehead atoms. The van der Waals surface area contributed by atoms with Crippen molar-refractivity contribution in [1.29, 1.82) is 0 Å². The van der Waals surface area contributed by atoms with Crippen LogP contribution in [0.5, 0.6) is 0 Å². The minimum Gasteiger partial charge on any atom is -0.262 e. The first-order valence-electron chi connectivity index (χ1n) is 4.46. The molecule has 80 valence electrons. The first-order valence-corrected chi connectivity index (χ1v) is 6.82. The van der Waals surface area contributed by atoms with Crippen molar-refractivity contribution in [3.8, 4) is 0 Å². The highest BCUT2D eigenvalue weighted by Gasteiger charge is 2.16. The summed E-state index contributed by atoms with van der Waals surface area (Å²) in [6.45, 7) is 2.13. The Morgan fingerprint density at radius 2 is 2.27 bits per heavy atom. The largest absolute Gasteiger partial charge is 0.262 e. The van der Waals surface area contributed by atoms with E-state index < -0.39 is 10.0 Å². The van der Waals surface area contributed by atoms with Crippen molar-refractivity contribution in [1.82, 2.24) is 9.71 Å². The number of aromatic nitrogens is 1. The number of sulfonamides is 1. The summed E-state index contributed by atoms with van der Waals surface area (Å²) in [5.74, 6) is 0. The van der Waals surface area contributed by atoms with E-state index in [2.05, 4.69) is 9.71 Å². The number of nitrogens with zero attached hydrogens (tertiary/aromatic N) is 1. The standard InChI is InChI=1S/C9H10N2O2S2/c1-2-11-15(12,13)9-6-10-5-8-7(9)3-4-14-8/h3-6,11H,2H2,1H3. The summed E-state index contributed by atoms with van der Waals surface area (Å²) in [6.07, 6.45) is 3.05. The molecule has 0 atom stereocenters. The Morgan fingerprint density at radius 1 is 1.47 bits per heavy atom. The average Bonchev–Trinajstić information content (AvgIpc) is 2.64. The monoisotopic (exact) mass is 242 g/mol. The Labute approximate surface area is 92.0 Å². The Hall–Kier alpha value is -0.980. The number of hydrogen-bond donors (Lipinski definition) is 1. The molecular weight excluding hydrogens is 232 g/mol. The van der Waals surface area contributed by atoms with Crippen molar-refractivity contribution in [2.75, 3.05) is 6.54 Å². The zero-order valence-electron chi connectivity index (χ0n) is 8.10. The van der Waals surface area contributed by atoms with E-state index in [9.17, 15) is 8.42 Å². The topological polar surface area (TPSA) is 59.1 Å². The van der Waals surface area contributed by atoms with Crippen molar-refractivity contribution in [2.24, 2.45) is 0 Å². The number of pyridine rings is 1. The van der Waals surface area contributed by atoms with Crippen LogP contribution < -0.4 is 4.72 Å². The lowest BCUT2D eigenvalue weighted by atomic mass is 10.3. The first-order chi connectivity index (χ1) is 7.15. The van der Waals surface area contributed by atoms with Crippen LogP contribution in [-0.2, 0) is 10.0 Å². The lowest BCUT2D eigenvalue weighted by Crippen LogP contribution is -2.23. The van der Waals surface area contributed by atoms with Gasteiger partial charge in [0.2, 0.25) is 10.0 Å². The lowest BCUT2D eigenvalue weighted by Gasteiger charge is -2.04. The second kappa shape index (κ2) is 3.88. The van der Waals surface area contributed by atoms with Crippen molar-refractivity contribution in [2.45, 2.75) is 11.8 Å². The van der Waals surface area contributed by atoms with Crippen LogP contribution in [0, 0.1) is 0 Å². The molecule has 0 aliphatic carbocycles. The molecule has 0 saturated heterocycles. The van der Waals surface area contributed by atoms with Gasteiger partial charge in [0, 0.05) is 24.3 Å². The average molecular weight is 242 g/mol. The van der Waals surface area contributed by atoms with Gasteiger partial charge in [-0.25, -0.2) is 13.1 Å². The Balaban J connectivity index is 2.66. The van der Waals surface area contributed by atoms with Gasteiger partial charge in [0.1, 0.15) is 4.90 Å². The van der Waals surface area contributed by atoms with Crippen LogP contribution in [0.2, 0.25) is 0 Å². The zero-order valence-corrected chi connectivity index (χ0v) is 9.73. The van der Waals surface area contributed by atoms with Crippen LogP contribution >= 0.6 is 11.3 Å². The Bertz CT molecular complexity index is 575. The third-order valence-corrected chi connectivity index (χ3v) is 4.39. The maximum atomic E-state index is 11.8. The smallest absolute Gasteiger partial charge is 0.242 e. The van der Waals surface area contributed by atoms with Crippen molar-refractivity contribution in [3.63, 3.8) is 0 Å². The van der Waals surface area contributed by atoms with Gasteiger partial charge >= 0.3 is 0 Å². The van der Waals surface area contributed by atoms with Gasteiger partial charge < -0.3 is 0 Å². The molecule has 0 unspecified atom stereocenters. The van der Waals surface area contributed by atoms with E-state index in [0.29, 0.717) is 6.54 Å². The predicted molar refractivity (Wildman–Crippen MR) is 60.5 cm³/mol. The molecule has 4 nitrogen and oxygen atoms in total. The van der Waals surface area contributed by atoms with Gasteiger partial charge in [-0.15, -0.1) is 11.3 Å². The van der Waals surface area contributed by atoms with E-state index in [0.717, 1.165) is 10.1 Å². The Kier molecular flexibility index (Phi) is 2.72. The molecule has 0 aromatic carbocycles. The van der Waals surface area contributed by atoms with Gasteiger partial charge in [-0.1, -0.05) is 6.92 Å². The summed E-state index contributed by atoms with van der Waals surface area (Å²) in [6, 6.07) is 1.80. The number of fused-ring (bicyclic) bond motifs is 1. The van der Waals surface area contributed by atoms with Gasteiger partial charge in [-0.2, -0.15) is 0 Å². The molecule has 2 heterocycles. The number of hydrogen-bond acceptors (Lipinski definition) is 4. The summed E-state index contributed by atoms with van der Waals surface area (Å²) in [5.41, 5.74) is 0. The van der Waals surface area contributed by atoms with E-state index in [1.54, 1.807) is 19.2 Å². The van der Waals surface area contributed by atoms with E-state index in [1.807, 2.05) is 5.38 Å². The highest BCUT2D eigenvalue weighted by Crippen LogP contribution is 2.25. The summed E-state index contributed by atoms with van der Waals surface area (Å²) in [7, 11) is -3.41. The van der Waals surface area contributed by atoms with Gasteiger partial charge in [0.25, 0.3) is 0 Å². The molecule has 0 saturated carbocycles. The Morgan fingerprint density at radius 3 is 3.00 bits per heavy atom. The highest BCUT2D eigenvalue weighted by atomic mass is 32.2. The third-order valence-electron chi connectivity index (χ3n) is 1.97. The maximum Gasteiger partial charge on any atom is 0.242 e. The quantitative estimate of drug-likeness (QED) is 0.889. The van der Waals surface area contributed by atoms with Crippen LogP contribution in [0.25, 0.3) is 10.1 Å². The first kappa shape index (κ1) is 10.5. The van der Waals surface area contributed by atoms with Crippen LogP contribution in [0.4, 0.5) is 0 Å². The second-order valence-electron chi connectivity index (χ2n) is 2.97. The van der Waals surface area contributed by atoms with Crippen LogP contribution in [0.3, 0.4) is 0 Å². The van der Waals surface area contributed by atoms with E-state index in [1.165, 1.54) is 17.5 Å². The van der Waals surface area contributed by atoms with Gasteiger partial charge in [-0.3, -0.25) is 4.98 Å². The molecule has 0 fully saturated rings. The minimum absolute atomic E-state index is 0.253. The second-order valence-corrected chi connectivity index (χ2v) is 5.65. The molecule has 0 spiro atoms. The molecule has 2 rings (SSSR count). The van der Waals surface area contributed by atoms with Crippen LogP contribution in [-0.4, -0.2) is 19.9 Å². The molecule has 2 aromatic rings. The van der Waals surface area contributed by atoms with Gasteiger partial charge in [-0.05, 0) is 11.4 Å². The maximum absolute atomic E-state index is 11.8. The molecular formula is C9H10N2O2S2. The van der Waals surface area contributed by atoms with Gasteiger partial charge in [0.05, 0.1) is 4.70 Å². The molecule has 15 heavy (non-hydrogen) atoms. The van der Waals surface area contributed by atoms with Gasteiger partial charge in [0.15, 0.2) is 0 Å². The summed E-state index contributed by atoms with van der Waals surface area (Å²) >= 11 is 1.48. The highest BCUT2D eigenvalue weighted by molar-refractivity contribution is 7.89. The molecule has 2 aromatic heterocycles. The SMILES string of the molecule is CCNS(=O)(=O)c1cncc2sccc12. The fraction of sp³-hybridized carbons (Fsp3) is 0.222. The number of rotatable bonds is 3. The summed E-state index contributed by atoms with van der Waals surface area (Å²) in [5, 5.41) is 2.59. The van der Waals surface area contributed by atoms with E-state index in [-0.39, 0.29) is 4.90 Å². The fourth-order valence-electron chi connectivity index (χ4n) is 1.35. The normalized spacial score (nSPS) is 12.1. The molecule has 6 heteroatoms. The predicted octanol–water partition coefficient (Wildman–Crippen LogP) is 1.59.